The minimum absolute atomic E-state index is 0.0469. The van der Waals surface area contributed by atoms with Crippen molar-refractivity contribution in [2.45, 2.75) is 38.7 Å². The molecule has 1 N–H and O–H groups in total. The van der Waals surface area contributed by atoms with Crippen LogP contribution in [0.3, 0.4) is 0 Å². The van der Waals surface area contributed by atoms with Crippen molar-refractivity contribution in [3.8, 4) is 16.3 Å². The molecule has 0 radical (unpaired) electrons. The molecule has 2 heterocycles. The number of carbonyl (C=O) groups excluding carboxylic acids is 1. The summed E-state index contributed by atoms with van der Waals surface area (Å²) in [5.74, 6) is 0.748. The van der Waals surface area contributed by atoms with Crippen LogP contribution in [0.4, 0.5) is 8.78 Å². The van der Waals surface area contributed by atoms with Crippen molar-refractivity contribution in [1.29, 1.82) is 0 Å². The number of likely N-dealkylation sites (tertiary alicyclic amines) is 1. The predicted octanol–water partition coefficient (Wildman–Crippen LogP) is 3.60. The summed E-state index contributed by atoms with van der Waals surface area (Å²) in [6.45, 7) is 3.56. The highest BCUT2D eigenvalue weighted by atomic mass is 32.1. The van der Waals surface area contributed by atoms with Crippen LogP contribution in [-0.2, 0) is 11.2 Å². The van der Waals surface area contributed by atoms with Crippen LogP contribution >= 0.6 is 11.3 Å². The molecule has 1 aliphatic rings. The van der Waals surface area contributed by atoms with E-state index in [2.05, 4.69) is 10.3 Å². The van der Waals surface area contributed by atoms with E-state index in [1.54, 1.807) is 4.90 Å². The fourth-order valence-corrected chi connectivity index (χ4v) is 4.11. The monoisotopic (exact) mass is 409 g/mol. The summed E-state index contributed by atoms with van der Waals surface area (Å²) in [5.41, 5.74) is 1.73. The first-order valence-corrected chi connectivity index (χ1v) is 10.4. The zero-order valence-electron chi connectivity index (χ0n) is 15.9. The summed E-state index contributed by atoms with van der Waals surface area (Å²) in [5, 5.41) is 5.77. The lowest BCUT2D eigenvalue weighted by Crippen LogP contribution is -2.46. The van der Waals surface area contributed by atoms with Crippen LogP contribution in [0, 0.1) is 0 Å². The van der Waals surface area contributed by atoms with Gasteiger partial charge in [0.2, 0.25) is 5.91 Å². The van der Waals surface area contributed by atoms with Crippen LogP contribution in [0.25, 0.3) is 10.6 Å². The van der Waals surface area contributed by atoms with E-state index in [4.69, 9.17) is 4.74 Å². The first kappa shape index (κ1) is 20.7. The fraction of sp³-hybridized carbons (Fsp3) is 0.500. The maximum absolute atomic E-state index is 12.4. The highest BCUT2D eigenvalue weighted by molar-refractivity contribution is 7.13. The molecule has 0 bridgehead atoms. The van der Waals surface area contributed by atoms with Gasteiger partial charge < -0.3 is 10.1 Å². The number of aromatic nitrogens is 1. The lowest BCUT2D eigenvalue weighted by Gasteiger charge is -2.31. The van der Waals surface area contributed by atoms with Gasteiger partial charge in [0.1, 0.15) is 10.8 Å². The van der Waals surface area contributed by atoms with Crippen molar-refractivity contribution < 1.29 is 18.3 Å². The smallest absolute Gasteiger partial charge is 0.251 e. The van der Waals surface area contributed by atoms with Gasteiger partial charge in [0.05, 0.1) is 25.3 Å². The van der Waals surface area contributed by atoms with Gasteiger partial charge in [-0.2, -0.15) is 0 Å². The summed E-state index contributed by atoms with van der Waals surface area (Å²) >= 11 is 1.51. The summed E-state index contributed by atoms with van der Waals surface area (Å²) in [6, 6.07) is 7.78. The van der Waals surface area contributed by atoms with Crippen molar-refractivity contribution >= 4 is 17.2 Å². The maximum Gasteiger partial charge on any atom is 0.251 e. The highest BCUT2D eigenvalue weighted by Gasteiger charge is 2.22. The Kier molecular flexibility index (Phi) is 7.33. The molecule has 1 aromatic heterocycles. The number of alkyl halides is 2. The number of piperidine rings is 1. The van der Waals surface area contributed by atoms with E-state index in [-0.39, 0.29) is 24.9 Å². The second-order valence-corrected chi connectivity index (χ2v) is 7.67. The maximum atomic E-state index is 12.4. The third-order valence-electron chi connectivity index (χ3n) is 4.65. The lowest BCUT2D eigenvalue weighted by molar-refractivity contribution is -0.121. The number of benzene rings is 1. The molecule has 0 saturated carbocycles. The van der Waals surface area contributed by atoms with Gasteiger partial charge in [-0.3, -0.25) is 9.69 Å². The number of carbonyl (C=O) groups is 1. The van der Waals surface area contributed by atoms with E-state index in [1.807, 2.05) is 36.6 Å². The number of rotatable bonds is 8. The molecule has 3 rings (SSSR count). The SMILES string of the molecule is CCOc1ccc(-c2nc(CC(=O)NC3CCN(CC(F)F)CC3)cs2)cc1. The molecule has 1 aliphatic heterocycles. The third-order valence-corrected chi connectivity index (χ3v) is 5.59. The number of hydrogen-bond acceptors (Lipinski definition) is 5. The molecular formula is C20H25F2N3O2S. The lowest BCUT2D eigenvalue weighted by atomic mass is 10.0. The molecule has 152 valence electrons. The molecule has 8 heteroatoms. The molecule has 0 spiro atoms. The van der Waals surface area contributed by atoms with Gasteiger partial charge in [0, 0.05) is 30.1 Å². The van der Waals surface area contributed by atoms with Crippen molar-refractivity contribution in [3.63, 3.8) is 0 Å². The van der Waals surface area contributed by atoms with Gasteiger partial charge in [0.25, 0.3) is 6.43 Å². The molecule has 1 aromatic carbocycles. The largest absolute Gasteiger partial charge is 0.494 e. The first-order valence-electron chi connectivity index (χ1n) is 9.51. The summed E-state index contributed by atoms with van der Waals surface area (Å²) in [4.78, 5) is 18.6. The first-order chi connectivity index (χ1) is 13.5. The Morgan fingerprint density at radius 3 is 2.68 bits per heavy atom. The Hall–Kier alpha value is -2.06. The van der Waals surface area contributed by atoms with Gasteiger partial charge in [0.15, 0.2) is 0 Å². The Morgan fingerprint density at radius 1 is 1.32 bits per heavy atom. The standard InChI is InChI=1S/C20H25F2N3O2S/c1-2-27-17-5-3-14(4-6-17)20-24-16(13-28-20)11-19(26)23-15-7-9-25(10-8-15)12-18(21)22/h3-6,13,15,18H,2,7-12H2,1H3,(H,23,26). The van der Waals surface area contributed by atoms with Crippen LogP contribution in [0.5, 0.6) is 5.75 Å². The van der Waals surface area contributed by atoms with Gasteiger partial charge >= 0.3 is 0 Å². The fourth-order valence-electron chi connectivity index (χ4n) is 3.28. The van der Waals surface area contributed by atoms with Gasteiger partial charge in [-0.1, -0.05) is 0 Å². The van der Waals surface area contributed by atoms with Crippen LogP contribution in [0.2, 0.25) is 0 Å². The Morgan fingerprint density at radius 2 is 2.04 bits per heavy atom. The van der Waals surface area contributed by atoms with Crippen LogP contribution < -0.4 is 10.1 Å². The number of ether oxygens (including phenoxy) is 1. The van der Waals surface area contributed by atoms with Crippen LogP contribution in [-0.4, -0.2) is 54.5 Å². The number of thiazole rings is 1. The molecular weight excluding hydrogens is 384 g/mol. The second kappa shape index (κ2) is 9.93. The average Bonchev–Trinajstić information content (AvgIpc) is 3.12. The third kappa shape index (κ3) is 5.97. The van der Waals surface area contributed by atoms with Crippen molar-refractivity contribution in [3.05, 3.63) is 35.3 Å². The molecule has 2 aromatic rings. The molecule has 1 fully saturated rings. The van der Waals surface area contributed by atoms with Gasteiger partial charge in [-0.25, -0.2) is 13.8 Å². The van der Waals surface area contributed by atoms with Crippen molar-refractivity contribution in [2.24, 2.45) is 0 Å². The molecule has 28 heavy (non-hydrogen) atoms. The number of nitrogens with one attached hydrogen (secondary N) is 1. The Balaban J connectivity index is 1.48. The number of halogens is 2. The van der Waals surface area contributed by atoms with E-state index in [0.29, 0.717) is 32.5 Å². The molecule has 1 amide bonds. The number of amides is 1. The van der Waals surface area contributed by atoms with Crippen molar-refractivity contribution in [1.82, 2.24) is 15.2 Å². The van der Waals surface area contributed by atoms with Crippen LogP contribution in [0.1, 0.15) is 25.5 Å². The van der Waals surface area contributed by atoms with Gasteiger partial charge in [-0.15, -0.1) is 11.3 Å². The molecule has 1 saturated heterocycles. The zero-order valence-corrected chi connectivity index (χ0v) is 16.7. The quantitative estimate of drug-likeness (QED) is 0.724. The topological polar surface area (TPSA) is 54.5 Å². The predicted molar refractivity (Wildman–Crippen MR) is 106 cm³/mol. The van der Waals surface area contributed by atoms with E-state index in [0.717, 1.165) is 22.0 Å². The molecule has 0 aliphatic carbocycles. The molecule has 5 nitrogen and oxygen atoms in total. The normalized spacial score (nSPS) is 15.7. The Bertz CT molecular complexity index is 759. The van der Waals surface area contributed by atoms with E-state index < -0.39 is 6.43 Å². The summed E-state index contributed by atoms with van der Waals surface area (Å²) in [6.07, 6.45) is -0.676. The number of nitrogens with zero attached hydrogens (tertiary/aromatic N) is 2. The van der Waals surface area contributed by atoms with E-state index in [1.165, 1.54) is 11.3 Å². The summed E-state index contributed by atoms with van der Waals surface area (Å²) in [7, 11) is 0. The average molecular weight is 410 g/mol. The van der Waals surface area contributed by atoms with Gasteiger partial charge in [-0.05, 0) is 44.0 Å². The van der Waals surface area contributed by atoms with Crippen LogP contribution in [0.15, 0.2) is 29.6 Å². The highest BCUT2D eigenvalue weighted by Crippen LogP contribution is 2.26. The van der Waals surface area contributed by atoms with E-state index in [9.17, 15) is 13.6 Å². The van der Waals surface area contributed by atoms with E-state index >= 15 is 0 Å². The second-order valence-electron chi connectivity index (χ2n) is 6.81. The zero-order chi connectivity index (χ0) is 19.9. The minimum atomic E-state index is -2.31. The Labute approximate surface area is 167 Å². The summed E-state index contributed by atoms with van der Waals surface area (Å²) < 4.78 is 30.3. The molecule has 0 unspecified atom stereocenters. The number of hydrogen-bond donors (Lipinski definition) is 1. The molecule has 0 atom stereocenters. The minimum Gasteiger partial charge on any atom is -0.494 e. The van der Waals surface area contributed by atoms with Crippen molar-refractivity contribution in [2.75, 3.05) is 26.2 Å².